The zero-order chi connectivity index (χ0) is 14.4. The van der Waals surface area contributed by atoms with E-state index in [4.69, 9.17) is 4.74 Å². The van der Waals surface area contributed by atoms with Crippen LogP contribution >= 0.6 is 0 Å². The number of nitrogens with one attached hydrogen (secondary N) is 1. The lowest BCUT2D eigenvalue weighted by Gasteiger charge is -2.16. The summed E-state index contributed by atoms with van der Waals surface area (Å²) >= 11 is 0. The topological polar surface area (TPSA) is 34.1 Å². The fourth-order valence-electron chi connectivity index (χ4n) is 2.02. The molecule has 1 N–H and O–H groups in total. The average molecular weight is 270 g/mol. The maximum Gasteiger partial charge on any atom is 0.120 e. The molecule has 0 aliphatic carbocycles. The van der Waals surface area contributed by atoms with Crippen molar-refractivity contribution in [3.63, 3.8) is 0 Å². The number of benzene rings is 1. The van der Waals surface area contributed by atoms with E-state index in [-0.39, 0.29) is 12.1 Å². The Morgan fingerprint density at radius 2 is 1.85 bits per heavy atom. The van der Waals surface area contributed by atoms with Crippen LogP contribution in [0.15, 0.2) is 48.8 Å². The van der Waals surface area contributed by atoms with Gasteiger partial charge in [0.1, 0.15) is 5.75 Å². The van der Waals surface area contributed by atoms with E-state index in [0.717, 1.165) is 12.3 Å². The number of ether oxygens (including phenoxy) is 1. The predicted molar refractivity (Wildman–Crippen MR) is 81.7 cm³/mol. The molecule has 1 heterocycles. The minimum Gasteiger partial charge on any atom is -0.491 e. The summed E-state index contributed by atoms with van der Waals surface area (Å²) in [4.78, 5) is 4.03. The molecule has 1 aromatic carbocycles. The number of aromatic nitrogens is 1. The summed E-state index contributed by atoms with van der Waals surface area (Å²) in [6.45, 7) is 7.07. The van der Waals surface area contributed by atoms with Crippen LogP contribution in [0.4, 0.5) is 0 Å². The Bertz CT molecular complexity index is 526. The van der Waals surface area contributed by atoms with Crippen LogP contribution in [0.25, 0.3) is 0 Å². The lowest BCUT2D eigenvalue weighted by atomic mass is 10.1. The van der Waals surface area contributed by atoms with E-state index < -0.39 is 0 Å². The third kappa shape index (κ3) is 4.35. The van der Waals surface area contributed by atoms with Gasteiger partial charge in [-0.1, -0.05) is 12.1 Å². The van der Waals surface area contributed by atoms with Gasteiger partial charge in [-0.3, -0.25) is 4.98 Å². The van der Waals surface area contributed by atoms with Crippen molar-refractivity contribution in [2.24, 2.45) is 0 Å². The minimum absolute atomic E-state index is 0.199. The number of nitrogens with zero attached hydrogens (tertiary/aromatic N) is 1. The number of hydrogen-bond acceptors (Lipinski definition) is 3. The first kappa shape index (κ1) is 14.5. The highest BCUT2D eigenvalue weighted by Crippen LogP contribution is 2.20. The Labute approximate surface area is 121 Å². The van der Waals surface area contributed by atoms with E-state index >= 15 is 0 Å². The predicted octanol–water partition coefficient (Wildman–Crippen LogP) is 3.72. The van der Waals surface area contributed by atoms with Gasteiger partial charge in [0.25, 0.3) is 0 Å². The maximum absolute atomic E-state index is 5.73. The van der Waals surface area contributed by atoms with Gasteiger partial charge in [0.15, 0.2) is 0 Å². The molecular formula is C17H22N2O. The van der Waals surface area contributed by atoms with Crippen LogP contribution in [0.3, 0.4) is 0 Å². The second-order valence-electron chi connectivity index (χ2n) is 5.20. The SMILES string of the molecule is CC(C)Oc1cccc(C(C)NCc2ccncc2)c1. The third-order valence-corrected chi connectivity index (χ3v) is 3.09. The average Bonchev–Trinajstić information content (AvgIpc) is 2.45. The molecule has 0 fully saturated rings. The van der Waals surface area contributed by atoms with Gasteiger partial charge in [-0.15, -0.1) is 0 Å². The Kier molecular flexibility index (Phi) is 5.13. The summed E-state index contributed by atoms with van der Waals surface area (Å²) in [5, 5.41) is 3.51. The van der Waals surface area contributed by atoms with Gasteiger partial charge in [0.2, 0.25) is 0 Å². The molecule has 2 aromatic rings. The molecule has 0 bridgehead atoms. The number of rotatable bonds is 6. The van der Waals surface area contributed by atoms with Crippen LogP contribution in [0.2, 0.25) is 0 Å². The highest BCUT2D eigenvalue weighted by Gasteiger charge is 2.06. The fraction of sp³-hybridized carbons (Fsp3) is 0.353. The van der Waals surface area contributed by atoms with E-state index in [9.17, 15) is 0 Å². The third-order valence-electron chi connectivity index (χ3n) is 3.09. The first-order chi connectivity index (χ1) is 9.65. The molecule has 0 aliphatic heterocycles. The molecule has 3 heteroatoms. The molecule has 1 unspecified atom stereocenters. The van der Waals surface area contributed by atoms with Gasteiger partial charge < -0.3 is 10.1 Å². The van der Waals surface area contributed by atoms with Gasteiger partial charge in [-0.2, -0.15) is 0 Å². The van der Waals surface area contributed by atoms with Crippen LogP contribution < -0.4 is 10.1 Å². The highest BCUT2D eigenvalue weighted by molar-refractivity contribution is 5.30. The molecule has 20 heavy (non-hydrogen) atoms. The molecule has 106 valence electrons. The van der Waals surface area contributed by atoms with Crippen molar-refractivity contribution in [3.05, 3.63) is 59.9 Å². The first-order valence-electron chi connectivity index (χ1n) is 7.04. The Morgan fingerprint density at radius 1 is 1.10 bits per heavy atom. The summed E-state index contributed by atoms with van der Waals surface area (Å²) in [6, 6.07) is 12.6. The summed E-state index contributed by atoms with van der Waals surface area (Å²) in [7, 11) is 0. The zero-order valence-corrected chi connectivity index (χ0v) is 12.3. The molecule has 0 radical (unpaired) electrons. The van der Waals surface area contributed by atoms with E-state index in [1.165, 1.54) is 11.1 Å². The molecule has 3 nitrogen and oxygen atoms in total. The van der Waals surface area contributed by atoms with Gasteiger partial charge in [-0.25, -0.2) is 0 Å². The second-order valence-corrected chi connectivity index (χ2v) is 5.20. The molecular weight excluding hydrogens is 248 g/mol. The van der Waals surface area contributed by atoms with Crippen molar-refractivity contribution in [1.29, 1.82) is 0 Å². The summed E-state index contributed by atoms with van der Waals surface area (Å²) in [5.74, 6) is 0.926. The maximum atomic E-state index is 5.73. The normalized spacial score (nSPS) is 12.4. The summed E-state index contributed by atoms with van der Waals surface area (Å²) in [5.41, 5.74) is 2.47. The smallest absolute Gasteiger partial charge is 0.120 e. The summed E-state index contributed by atoms with van der Waals surface area (Å²) < 4.78 is 5.73. The second kappa shape index (κ2) is 7.06. The Balaban J connectivity index is 1.96. The number of pyridine rings is 1. The molecule has 0 saturated heterocycles. The van der Waals surface area contributed by atoms with Gasteiger partial charge in [0, 0.05) is 25.0 Å². The summed E-state index contributed by atoms with van der Waals surface area (Å²) in [6.07, 6.45) is 3.84. The first-order valence-corrected chi connectivity index (χ1v) is 7.04. The fourth-order valence-corrected chi connectivity index (χ4v) is 2.02. The van der Waals surface area contributed by atoms with Gasteiger partial charge in [-0.05, 0) is 56.2 Å². The van der Waals surface area contributed by atoms with Crippen molar-refractivity contribution in [3.8, 4) is 5.75 Å². The minimum atomic E-state index is 0.199. The van der Waals surface area contributed by atoms with Gasteiger partial charge >= 0.3 is 0 Å². The molecule has 1 atom stereocenters. The van der Waals surface area contributed by atoms with E-state index in [1.807, 2.05) is 50.5 Å². The lowest BCUT2D eigenvalue weighted by Crippen LogP contribution is -2.18. The van der Waals surface area contributed by atoms with Gasteiger partial charge in [0.05, 0.1) is 6.10 Å². The van der Waals surface area contributed by atoms with Crippen molar-refractivity contribution in [2.45, 2.75) is 39.5 Å². The van der Waals surface area contributed by atoms with Crippen LogP contribution in [0, 0.1) is 0 Å². The van der Waals surface area contributed by atoms with E-state index in [1.54, 1.807) is 0 Å². The van der Waals surface area contributed by atoms with E-state index in [0.29, 0.717) is 0 Å². The molecule has 0 saturated carbocycles. The van der Waals surface area contributed by atoms with Crippen molar-refractivity contribution < 1.29 is 4.74 Å². The molecule has 0 aliphatic rings. The zero-order valence-electron chi connectivity index (χ0n) is 12.3. The standard InChI is InChI=1S/C17H22N2O/c1-13(2)20-17-6-4-5-16(11-17)14(3)19-12-15-7-9-18-10-8-15/h4-11,13-14,19H,12H2,1-3H3. The van der Waals surface area contributed by atoms with E-state index in [2.05, 4.69) is 29.4 Å². The van der Waals surface area contributed by atoms with Crippen LogP contribution in [-0.2, 0) is 6.54 Å². The molecule has 0 spiro atoms. The van der Waals surface area contributed by atoms with Crippen LogP contribution in [-0.4, -0.2) is 11.1 Å². The largest absolute Gasteiger partial charge is 0.491 e. The van der Waals surface area contributed by atoms with Crippen molar-refractivity contribution >= 4 is 0 Å². The van der Waals surface area contributed by atoms with Crippen LogP contribution in [0.5, 0.6) is 5.75 Å². The molecule has 0 amide bonds. The lowest BCUT2D eigenvalue weighted by molar-refractivity contribution is 0.242. The number of hydrogen-bond donors (Lipinski definition) is 1. The van der Waals surface area contributed by atoms with Crippen molar-refractivity contribution in [1.82, 2.24) is 10.3 Å². The Hall–Kier alpha value is -1.87. The monoisotopic (exact) mass is 270 g/mol. The van der Waals surface area contributed by atoms with Crippen molar-refractivity contribution in [2.75, 3.05) is 0 Å². The van der Waals surface area contributed by atoms with Crippen LogP contribution in [0.1, 0.15) is 37.9 Å². The molecule has 1 aromatic heterocycles. The quantitative estimate of drug-likeness (QED) is 0.868. The Morgan fingerprint density at radius 3 is 2.55 bits per heavy atom. The highest BCUT2D eigenvalue weighted by atomic mass is 16.5. The molecule has 2 rings (SSSR count).